The number of aryl methyl sites for hydroxylation is 3. The fourth-order valence-electron chi connectivity index (χ4n) is 3.63. The van der Waals surface area contributed by atoms with E-state index in [1.165, 1.54) is 52.6 Å². The highest BCUT2D eigenvalue weighted by Crippen LogP contribution is 2.36. The highest BCUT2D eigenvalue weighted by atomic mass is 32.2. The molecule has 1 aliphatic carbocycles. The van der Waals surface area contributed by atoms with E-state index < -0.39 is 0 Å². The number of carbonyl (C=O) groups is 1. The summed E-state index contributed by atoms with van der Waals surface area (Å²) < 4.78 is 2.01. The normalized spacial score (nSPS) is 13.4. The standard InChI is InChI=1S/C21H24N4OS2/c1-13-8-9-17(14(2)10-13)22-19(26)12-28-21-24-23-20(25(21)3)16-11-27-18-7-5-4-6-15(16)18/h8-11H,4-7,12H2,1-3H3,(H,22,26). The lowest BCUT2D eigenvalue weighted by Crippen LogP contribution is -2.15. The summed E-state index contributed by atoms with van der Waals surface area (Å²) in [5, 5.41) is 14.7. The molecule has 2 heterocycles. The molecule has 0 aliphatic heterocycles. The van der Waals surface area contributed by atoms with Gasteiger partial charge in [-0.2, -0.15) is 0 Å². The van der Waals surface area contributed by atoms with Crippen LogP contribution in [0, 0.1) is 13.8 Å². The lowest BCUT2D eigenvalue weighted by Gasteiger charge is -2.12. The number of rotatable bonds is 5. The van der Waals surface area contributed by atoms with E-state index >= 15 is 0 Å². The topological polar surface area (TPSA) is 59.8 Å². The molecule has 1 amide bonds. The minimum Gasteiger partial charge on any atom is -0.325 e. The van der Waals surface area contributed by atoms with Gasteiger partial charge in [-0.3, -0.25) is 4.79 Å². The van der Waals surface area contributed by atoms with Gasteiger partial charge in [0.05, 0.1) is 5.75 Å². The molecule has 146 valence electrons. The number of thioether (sulfide) groups is 1. The number of fused-ring (bicyclic) bond motifs is 1. The second-order valence-corrected chi connectivity index (χ2v) is 9.19. The van der Waals surface area contributed by atoms with Crippen molar-refractivity contribution in [3.05, 3.63) is 45.1 Å². The maximum Gasteiger partial charge on any atom is 0.234 e. The number of anilines is 1. The summed E-state index contributed by atoms with van der Waals surface area (Å²) in [5.74, 6) is 1.17. The highest BCUT2D eigenvalue weighted by molar-refractivity contribution is 7.99. The molecule has 0 fully saturated rings. The van der Waals surface area contributed by atoms with Crippen LogP contribution < -0.4 is 5.32 Å². The Hall–Kier alpha value is -2.12. The molecule has 3 aromatic rings. The number of nitrogens with one attached hydrogen (secondary N) is 1. The van der Waals surface area contributed by atoms with Crippen LogP contribution in [0.15, 0.2) is 28.7 Å². The van der Waals surface area contributed by atoms with Gasteiger partial charge in [0.1, 0.15) is 0 Å². The van der Waals surface area contributed by atoms with Gasteiger partial charge in [-0.25, -0.2) is 0 Å². The average molecular weight is 413 g/mol. The number of hydrogen-bond acceptors (Lipinski definition) is 5. The first-order valence-corrected chi connectivity index (χ1v) is 11.4. The first-order chi connectivity index (χ1) is 13.5. The van der Waals surface area contributed by atoms with Crippen LogP contribution in [0.4, 0.5) is 5.69 Å². The average Bonchev–Trinajstić information content (AvgIpc) is 3.25. The summed E-state index contributed by atoms with van der Waals surface area (Å²) >= 11 is 3.25. The molecule has 2 aromatic heterocycles. The molecule has 1 aliphatic rings. The fourth-order valence-corrected chi connectivity index (χ4v) is 5.46. The Morgan fingerprint density at radius 1 is 1.25 bits per heavy atom. The number of hydrogen-bond donors (Lipinski definition) is 1. The lowest BCUT2D eigenvalue weighted by atomic mass is 9.96. The summed E-state index contributed by atoms with van der Waals surface area (Å²) in [6.07, 6.45) is 4.83. The molecular weight excluding hydrogens is 388 g/mol. The molecule has 0 saturated heterocycles. The summed E-state index contributed by atoms with van der Waals surface area (Å²) in [6, 6.07) is 6.03. The molecule has 0 unspecified atom stereocenters. The van der Waals surface area contributed by atoms with Crippen LogP contribution in [0.2, 0.25) is 0 Å². The van der Waals surface area contributed by atoms with E-state index in [9.17, 15) is 4.79 Å². The minimum atomic E-state index is -0.0329. The summed E-state index contributed by atoms with van der Waals surface area (Å²) in [5.41, 5.74) is 5.77. The van der Waals surface area contributed by atoms with Crippen LogP contribution in [-0.4, -0.2) is 26.4 Å². The van der Waals surface area contributed by atoms with Crippen molar-refractivity contribution in [3.8, 4) is 11.4 Å². The Morgan fingerprint density at radius 2 is 2.07 bits per heavy atom. The maximum absolute atomic E-state index is 12.4. The Bertz CT molecular complexity index is 1020. The van der Waals surface area contributed by atoms with Gasteiger partial charge >= 0.3 is 0 Å². The molecule has 28 heavy (non-hydrogen) atoms. The Balaban J connectivity index is 1.43. The Morgan fingerprint density at radius 3 is 2.89 bits per heavy atom. The van der Waals surface area contributed by atoms with Crippen LogP contribution in [0.5, 0.6) is 0 Å². The first kappa shape index (κ1) is 19.2. The Kier molecular flexibility index (Phi) is 5.55. The first-order valence-electron chi connectivity index (χ1n) is 9.52. The minimum absolute atomic E-state index is 0.0329. The van der Waals surface area contributed by atoms with Crippen LogP contribution in [0.25, 0.3) is 11.4 Å². The van der Waals surface area contributed by atoms with E-state index in [1.807, 2.05) is 48.9 Å². The zero-order chi connectivity index (χ0) is 19.7. The molecule has 0 spiro atoms. The van der Waals surface area contributed by atoms with Gasteiger partial charge in [-0.05, 0) is 56.7 Å². The predicted molar refractivity (Wildman–Crippen MR) is 116 cm³/mol. The van der Waals surface area contributed by atoms with Crippen LogP contribution in [-0.2, 0) is 24.7 Å². The van der Waals surface area contributed by atoms with E-state index in [-0.39, 0.29) is 5.91 Å². The molecular formula is C21H24N4OS2. The van der Waals surface area contributed by atoms with Crippen molar-refractivity contribution in [2.75, 3.05) is 11.1 Å². The molecule has 0 radical (unpaired) electrons. The van der Waals surface area contributed by atoms with Gasteiger partial charge < -0.3 is 9.88 Å². The second-order valence-electron chi connectivity index (χ2n) is 7.28. The van der Waals surface area contributed by atoms with E-state index in [2.05, 4.69) is 27.0 Å². The van der Waals surface area contributed by atoms with E-state index in [1.54, 1.807) is 0 Å². The van der Waals surface area contributed by atoms with Gasteiger partial charge in [-0.1, -0.05) is 29.5 Å². The quantitative estimate of drug-likeness (QED) is 0.613. The van der Waals surface area contributed by atoms with Gasteiger partial charge in [-0.15, -0.1) is 21.5 Å². The largest absolute Gasteiger partial charge is 0.325 e. The zero-order valence-electron chi connectivity index (χ0n) is 16.4. The SMILES string of the molecule is Cc1ccc(NC(=O)CSc2nnc(-c3csc4c3CCCC4)n2C)c(C)c1. The molecule has 1 N–H and O–H groups in total. The fraction of sp³-hybridized carbons (Fsp3) is 0.381. The van der Waals surface area contributed by atoms with Gasteiger partial charge in [0, 0.05) is 28.6 Å². The van der Waals surface area contributed by atoms with Gasteiger partial charge in [0.15, 0.2) is 11.0 Å². The van der Waals surface area contributed by atoms with Crippen LogP contribution >= 0.6 is 23.1 Å². The van der Waals surface area contributed by atoms with Crippen molar-refractivity contribution in [1.82, 2.24) is 14.8 Å². The van der Waals surface area contributed by atoms with Gasteiger partial charge in [0.25, 0.3) is 0 Å². The lowest BCUT2D eigenvalue weighted by molar-refractivity contribution is -0.113. The maximum atomic E-state index is 12.4. The van der Waals surface area contributed by atoms with E-state index in [0.717, 1.165) is 28.7 Å². The molecule has 5 nitrogen and oxygen atoms in total. The second kappa shape index (κ2) is 8.09. The zero-order valence-corrected chi connectivity index (χ0v) is 18.0. The van der Waals surface area contributed by atoms with E-state index in [0.29, 0.717) is 5.75 Å². The summed E-state index contributed by atoms with van der Waals surface area (Å²) in [6.45, 7) is 4.05. The molecule has 0 saturated carbocycles. The Labute approximate surface area is 173 Å². The molecule has 1 aromatic carbocycles. The number of nitrogens with zero attached hydrogens (tertiary/aromatic N) is 3. The highest BCUT2D eigenvalue weighted by Gasteiger charge is 2.21. The van der Waals surface area contributed by atoms with Crippen molar-refractivity contribution < 1.29 is 4.79 Å². The predicted octanol–water partition coefficient (Wildman–Crippen LogP) is 4.77. The third-order valence-electron chi connectivity index (χ3n) is 5.13. The van der Waals surface area contributed by atoms with Crippen LogP contribution in [0.1, 0.15) is 34.4 Å². The molecule has 0 atom stereocenters. The van der Waals surface area contributed by atoms with Crippen molar-refractivity contribution >= 4 is 34.7 Å². The van der Waals surface area contributed by atoms with Gasteiger partial charge in [0.2, 0.25) is 5.91 Å². The molecule has 7 heteroatoms. The van der Waals surface area contributed by atoms with Crippen LogP contribution in [0.3, 0.4) is 0 Å². The van der Waals surface area contributed by atoms with Crippen molar-refractivity contribution in [2.45, 2.75) is 44.7 Å². The number of thiophene rings is 1. The smallest absolute Gasteiger partial charge is 0.234 e. The molecule has 0 bridgehead atoms. The van der Waals surface area contributed by atoms with Crippen molar-refractivity contribution in [3.63, 3.8) is 0 Å². The van der Waals surface area contributed by atoms with E-state index in [4.69, 9.17) is 0 Å². The number of carbonyl (C=O) groups excluding carboxylic acids is 1. The summed E-state index contributed by atoms with van der Waals surface area (Å²) in [4.78, 5) is 13.9. The number of aromatic nitrogens is 3. The number of amides is 1. The third kappa shape index (κ3) is 3.86. The van der Waals surface area contributed by atoms with Crippen molar-refractivity contribution in [1.29, 1.82) is 0 Å². The van der Waals surface area contributed by atoms with Crippen molar-refractivity contribution in [2.24, 2.45) is 7.05 Å². The third-order valence-corrected chi connectivity index (χ3v) is 7.23. The monoisotopic (exact) mass is 412 g/mol. The number of benzene rings is 1. The summed E-state index contributed by atoms with van der Waals surface area (Å²) in [7, 11) is 1.98. The molecule has 4 rings (SSSR count).